The minimum Gasteiger partial charge on any atom is -0.349 e. The topological polar surface area (TPSA) is 41.1 Å². The van der Waals surface area contributed by atoms with Gasteiger partial charge < -0.3 is 10.6 Å². The van der Waals surface area contributed by atoms with Crippen LogP contribution in [0.2, 0.25) is 0 Å². The molecular weight excluding hydrogens is 231 g/mol. The van der Waals surface area contributed by atoms with Crippen LogP contribution in [-0.2, 0) is 4.79 Å². The lowest BCUT2D eigenvalue weighted by Crippen LogP contribution is -2.36. The maximum Gasteiger partial charge on any atom is 0.225 e. The highest BCUT2D eigenvalue weighted by Crippen LogP contribution is 2.20. The third-order valence-electron chi connectivity index (χ3n) is 3.58. The summed E-state index contributed by atoms with van der Waals surface area (Å²) in [7, 11) is 0. The van der Waals surface area contributed by atoms with Crippen molar-refractivity contribution in [3.05, 3.63) is 35.6 Å². The summed E-state index contributed by atoms with van der Waals surface area (Å²) in [5.41, 5.74) is 0.532. The van der Waals surface area contributed by atoms with Gasteiger partial charge in [-0.25, -0.2) is 4.39 Å². The summed E-state index contributed by atoms with van der Waals surface area (Å²) in [5.74, 6) is 0.0446. The number of halogens is 1. The Morgan fingerprint density at radius 2 is 2.17 bits per heavy atom. The zero-order valence-electron chi connectivity index (χ0n) is 10.7. The van der Waals surface area contributed by atoms with Gasteiger partial charge in [0, 0.05) is 12.1 Å². The van der Waals surface area contributed by atoms with E-state index in [1.807, 2.05) is 6.92 Å². The number of benzene rings is 1. The van der Waals surface area contributed by atoms with Crippen molar-refractivity contribution < 1.29 is 9.18 Å². The highest BCUT2D eigenvalue weighted by molar-refractivity contribution is 5.80. The van der Waals surface area contributed by atoms with Gasteiger partial charge in [-0.15, -0.1) is 0 Å². The predicted molar refractivity (Wildman–Crippen MR) is 68.5 cm³/mol. The van der Waals surface area contributed by atoms with E-state index in [2.05, 4.69) is 17.6 Å². The molecule has 98 valence electrons. The van der Waals surface area contributed by atoms with Gasteiger partial charge in [0.05, 0.1) is 12.0 Å². The summed E-state index contributed by atoms with van der Waals surface area (Å²) in [6.45, 7) is 5.44. The highest BCUT2D eigenvalue weighted by atomic mass is 19.1. The van der Waals surface area contributed by atoms with E-state index in [9.17, 15) is 9.18 Å². The van der Waals surface area contributed by atoms with Gasteiger partial charge in [0.15, 0.2) is 0 Å². The molecule has 1 heterocycles. The predicted octanol–water partition coefficient (Wildman–Crippen LogP) is 1.86. The Bertz CT molecular complexity index is 436. The van der Waals surface area contributed by atoms with E-state index in [4.69, 9.17) is 0 Å². The molecule has 4 heteroatoms. The van der Waals surface area contributed by atoms with Crippen LogP contribution in [0.4, 0.5) is 4.39 Å². The first-order valence-corrected chi connectivity index (χ1v) is 6.35. The molecule has 0 aliphatic carbocycles. The van der Waals surface area contributed by atoms with Gasteiger partial charge in [0.2, 0.25) is 5.91 Å². The van der Waals surface area contributed by atoms with E-state index in [0.717, 1.165) is 6.54 Å². The fourth-order valence-electron chi connectivity index (χ4n) is 2.39. The maximum absolute atomic E-state index is 13.6. The molecule has 1 fully saturated rings. The first-order valence-electron chi connectivity index (χ1n) is 6.35. The van der Waals surface area contributed by atoms with E-state index in [1.54, 1.807) is 18.2 Å². The van der Waals surface area contributed by atoms with Gasteiger partial charge in [-0.3, -0.25) is 4.79 Å². The van der Waals surface area contributed by atoms with Gasteiger partial charge in [0.1, 0.15) is 5.82 Å². The Morgan fingerprint density at radius 3 is 2.78 bits per heavy atom. The molecule has 1 unspecified atom stereocenters. The van der Waals surface area contributed by atoms with Crippen molar-refractivity contribution in [1.82, 2.24) is 10.6 Å². The lowest BCUT2D eigenvalue weighted by Gasteiger charge is -2.19. The van der Waals surface area contributed by atoms with E-state index in [0.29, 0.717) is 18.0 Å². The van der Waals surface area contributed by atoms with Crippen molar-refractivity contribution in [3.63, 3.8) is 0 Å². The molecule has 0 spiro atoms. The second-order valence-corrected chi connectivity index (χ2v) is 4.99. The van der Waals surface area contributed by atoms with Crippen LogP contribution in [0.1, 0.15) is 25.5 Å². The number of nitrogens with one attached hydrogen (secondary N) is 2. The Morgan fingerprint density at radius 1 is 1.44 bits per heavy atom. The largest absolute Gasteiger partial charge is 0.349 e. The van der Waals surface area contributed by atoms with Crippen LogP contribution in [0.25, 0.3) is 0 Å². The van der Waals surface area contributed by atoms with Gasteiger partial charge in [0.25, 0.3) is 0 Å². The van der Waals surface area contributed by atoms with Gasteiger partial charge in [-0.1, -0.05) is 25.1 Å². The first kappa shape index (κ1) is 13.0. The van der Waals surface area contributed by atoms with Crippen molar-refractivity contribution in [1.29, 1.82) is 0 Å². The molecule has 1 saturated heterocycles. The Balaban J connectivity index is 2.01. The van der Waals surface area contributed by atoms with Gasteiger partial charge in [-0.2, -0.15) is 0 Å². The van der Waals surface area contributed by atoms with Crippen LogP contribution < -0.4 is 10.6 Å². The van der Waals surface area contributed by atoms with Gasteiger partial charge in [-0.05, 0) is 25.5 Å². The summed E-state index contributed by atoms with van der Waals surface area (Å²) in [4.78, 5) is 12.1. The van der Waals surface area contributed by atoms with E-state index >= 15 is 0 Å². The lowest BCUT2D eigenvalue weighted by atomic mass is 9.96. The Kier molecular flexibility index (Phi) is 3.97. The lowest BCUT2D eigenvalue weighted by molar-refractivity contribution is -0.126. The second-order valence-electron chi connectivity index (χ2n) is 4.99. The standard InChI is InChI=1S/C14H19FN2O/c1-9-7-16-8-12(9)14(18)17-10(2)11-5-3-4-6-13(11)15/h3-6,9-10,12,16H,7-8H2,1-2H3,(H,17,18)/t9-,10?,12-/m1/s1. The Labute approximate surface area is 107 Å². The minimum absolute atomic E-state index is 0.00301. The van der Waals surface area contributed by atoms with Crippen molar-refractivity contribution in [2.45, 2.75) is 19.9 Å². The monoisotopic (exact) mass is 250 g/mol. The molecule has 2 N–H and O–H groups in total. The van der Waals surface area contributed by atoms with E-state index in [-0.39, 0.29) is 23.7 Å². The number of rotatable bonds is 3. The molecule has 0 aromatic heterocycles. The molecule has 0 saturated carbocycles. The number of carbonyl (C=O) groups is 1. The van der Waals surface area contributed by atoms with E-state index in [1.165, 1.54) is 6.07 Å². The zero-order chi connectivity index (χ0) is 13.1. The van der Waals surface area contributed by atoms with Crippen LogP contribution in [0, 0.1) is 17.7 Å². The third kappa shape index (κ3) is 2.70. The second kappa shape index (κ2) is 5.48. The highest BCUT2D eigenvalue weighted by Gasteiger charge is 2.30. The van der Waals surface area contributed by atoms with Crippen LogP contribution >= 0.6 is 0 Å². The van der Waals surface area contributed by atoms with Crippen LogP contribution in [0.15, 0.2) is 24.3 Å². The molecule has 1 aromatic rings. The molecule has 1 amide bonds. The zero-order valence-corrected chi connectivity index (χ0v) is 10.7. The summed E-state index contributed by atoms with van der Waals surface area (Å²) < 4.78 is 13.6. The summed E-state index contributed by atoms with van der Waals surface area (Å²) >= 11 is 0. The average Bonchev–Trinajstić information content (AvgIpc) is 2.76. The molecule has 1 aromatic carbocycles. The number of hydrogen-bond acceptors (Lipinski definition) is 2. The van der Waals surface area contributed by atoms with Crippen molar-refractivity contribution in [2.75, 3.05) is 13.1 Å². The molecule has 1 aliphatic rings. The number of carbonyl (C=O) groups excluding carboxylic acids is 1. The quantitative estimate of drug-likeness (QED) is 0.859. The van der Waals surface area contributed by atoms with Crippen molar-refractivity contribution in [3.8, 4) is 0 Å². The fraction of sp³-hybridized carbons (Fsp3) is 0.500. The summed E-state index contributed by atoms with van der Waals surface area (Å²) in [6.07, 6.45) is 0. The molecule has 18 heavy (non-hydrogen) atoms. The molecule has 0 radical (unpaired) electrons. The average molecular weight is 250 g/mol. The SMILES string of the molecule is CC(NC(=O)[C@@H]1CNC[C@H]1C)c1ccccc1F. The fourth-order valence-corrected chi connectivity index (χ4v) is 2.39. The first-order chi connectivity index (χ1) is 8.59. The number of hydrogen-bond donors (Lipinski definition) is 2. The minimum atomic E-state index is -0.300. The van der Waals surface area contributed by atoms with Crippen molar-refractivity contribution >= 4 is 5.91 Å². The molecule has 3 nitrogen and oxygen atoms in total. The molecule has 2 rings (SSSR count). The molecule has 0 bridgehead atoms. The normalized spacial score (nSPS) is 24.8. The molecule has 3 atom stereocenters. The summed E-state index contributed by atoms with van der Waals surface area (Å²) in [6, 6.07) is 6.25. The van der Waals surface area contributed by atoms with Gasteiger partial charge >= 0.3 is 0 Å². The molecular formula is C14H19FN2O. The molecule has 1 aliphatic heterocycles. The Hall–Kier alpha value is -1.42. The smallest absolute Gasteiger partial charge is 0.225 e. The third-order valence-corrected chi connectivity index (χ3v) is 3.58. The van der Waals surface area contributed by atoms with Crippen LogP contribution in [0.5, 0.6) is 0 Å². The maximum atomic E-state index is 13.6. The van der Waals surface area contributed by atoms with E-state index < -0.39 is 0 Å². The van der Waals surface area contributed by atoms with Crippen LogP contribution in [0.3, 0.4) is 0 Å². The number of amides is 1. The van der Waals surface area contributed by atoms with Crippen molar-refractivity contribution in [2.24, 2.45) is 11.8 Å². The van der Waals surface area contributed by atoms with Crippen LogP contribution in [-0.4, -0.2) is 19.0 Å². The summed E-state index contributed by atoms with van der Waals surface area (Å²) in [5, 5.41) is 6.08.